The van der Waals surface area contributed by atoms with Gasteiger partial charge in [-0.3, -0.25) is 0 Å². The molecule has 0 unspecified atom stereocenters. The SMILES string of the molecule is CCc1ccc(S(=O)(=O)N(CCO)C2CCCCC2)cc1. The maximum absolute atomic E-state index is 12.8. The zero-order chi connectivity index (χ0) is 15.3. The van der Waals surface area contributed by atoms with E-state index in [1.807, 2.05) is 19.1 Å². The second-order valence-corrected chi connectivity index (χ2v) is 7.52. The Hall–Kier alpha value is -0.910. The molecule has 0 atom stereocenters. The topological polar surface area (TPSA) is 57.6 Å². The first-order chi connectivity index (χ1) is 10.1. The van der Waals surface area contributed by atoms with Crippen molar-refractivity contribution >= 4 is 10.0 Å². The van der Waals surface area contributed by atoms with Gasteiger partial charge in [-0.15, -0.1) is 0 Å². The molecule has 1 aliphatic rings. The average Bonchev–Trinajstić information content (AvgIpc) is 2.53. The molecule has 0 spiro atoms. The third-order valence-electron chi connectivity index (χ3n) is 4.24. The Kier molecular flexibility index (Phi) is 5.79. The number of sulfonamides is 1. The molecular weight excluding hydrogens is 286 g/mol. The molecule has 5 heteroatoms. The van der Waals surface area contributed by atoms with Crippen LogP contribution in [0.5, 0.6) is 0 Å². The Morgan fingerprint density at radius 2 is 1.76 bits per heavy atom. The molecule has 21 heavy (non-hydrogen) atoms. The fourth-order valence-corrected chi connectivity index (χ4v) is 4.68. The molecule has 1 aromatic rings. The van der Waals surface area contributed by atoms with Gasteiger partial charge in [-0.1, -0.05) is 38.3 Å². The van der Waals surface area contributed by atoms with Crippen molar-refractivity contribution in [1.29, 1.82) is 0 Å². The van der Waals surface area contributed by atoms with E-state index in [0.717, 1.165) is 37.7 Å². The van der Waals surface area contributed by atoms with E-state index in [2.05, 4.69) is 0 Å². The van der Waals surface area contributed by atoms with Crippen LogP contribution in [0.15, 0.2) is 29.2 Å². The van der Waals surface area contributed by atoms with Crippen LogP contribution in [0.25, 0.3) is 0 Å². The highest BCUT2D eigenvalue weighted by molar-refractivity contribution is 7.89. The largest absolute Gasteiger partial charge is 0.395 e. The molecule has 1 aromatic carbocycles. The lowest BCUT2D eigenvalue weighted by Gasteiger charge is -2.33. The normalized spacial score (nSPS) is 17.3. The van der Waals surface area contributed by atoms with Gasteiger partial charge in [0.15, 0.2) is 0 Å². The Bertz CT molecular complexity index is 533. The third-order valence-corrected chi connectivity index (χ3v) is 6.21. The summed E-state index contributed by atoms with van der Waals surface area (Å²) in [4.78, 5) is 0.332. The number of hydrogen-bond donors (Lipinski definition) is 1. The smallest absolute Gasteiger partial charge is 0.243 e. The second-order valence-electron chi connectivity index (χ2n) is 5.63. The van der Waals surface area contributed by atoms with Crippen LogP contribution in [0.4, 0.5) is 0 Å². The van der Waals surface area contributed by atoms with Crippen molar-refractivity contribution in [3.63, 3.8) is 0 Å². The lowest BCUT2D eigenvalue weighted by Crippen LogP contribution is -2.43. The van der Waals surface area contributed by atoms with E-state index in [9.17, 15) is 13.5 Å². The summed E-state index contributed by atoms with van der Waals surface area (Å²) in [5.41, 5.74) is 1.13. The minimum Gasteiger partial charge on any atom is -0.395 e. The van der Waals surface area contributed by atoms with Gasteiger partial charge in [-0.25, -0.2) is 8.42 Å². The molecule has 1 saturated carbocycles. The van der Waals surface area contributed by atoms with E-state index in [0.29, 0.717) is 4.90 Å². The molecule has 0 bridgehead atoms. The van der Waals surface area contributed by atoms with Gasteiger partial charge in [0.05, 0.1) is 11.5 Å². The van der Waals surface area contributed by atoms with Crippen molar-refractivity contribution in [2.45, 2.75) is 56.4 Å². The molecule has 0 aromatic heterocycles. The molecule has 0 aliphatic heterocycles. The van der Waals surface area contributed by atoms with Crippen LogP contribution in [-0.2, 0) is 16.4 Å². The Morgan fingerprint density at radius 3 is 2.29 bits per heavy atom. The highest BCUT2D eigenvalue weighted by atomic mass is 32.2. The van der Waals surface area contributed by atoms with Crippen LogP contribution in [0.2, 0.25) is 0 Å². The molecule has 2 rings (SSSR count). The van der Waals surface area contributed by atoms with E-state index >= 15 is 0 Å². The van der Waals surface area contributed by atoms with Crippen molar-refractivity contribution in [2.75, 3.05) is 13.2 Å². The van der Waals surface area contributed by atoms with Gasteiger partial charge in [-0.2, -0.15) is 4.31 Å². The van der Waals surface area contributed by atoms with Gasteiger partial charge in [0.25, 0.3) is 0 Å². The first-order valence-corrected chi connectivity index (χ1v) is 9.25. The Labute approximate surface area is 127 Å². The van der Waals surface area contributed by atoms with Crippen molar-refractivity contribution in [3.8, 4) is 0 Å². The van der Waals surface area contributed by atoms with Gasteiger partial charge < -0.3 is 5.11 Å². The fraction of sp³-hybridized carbons (Fsp3) is 0.625. The predicted octanol–water partition coefficient (Wildman–Crippen LogP) is 2.56. The van der Waals surface area contributed by atoms with E-state index in [4.69, 9.17) is 0 Å². The molecule has 1 aliphatic carbocycles. The molecule has 0 heterocycles. The predicted molar refractivity (Wildman–Crippen MR) is 83.7 cm³/mol. The summed E-state index contributed by atoms with van der Waals surface area (Å²) in [7, 11) is -3.51. The quantitative estimate of drug-likeness (QED) is 0.878. The van der Waals surface area contributed by atoms with Crippen LogP contribution in [0, 0.1) is 0 Å². The minimum atomic E-state index is -3.51. The Morgan fingerprint density at radius 1 is 1.14 bits per heavy atom. The molecule has 0 saturated heterocycles. The molecule has 1 N–H and O–H groups in total. The second kappa shape index (κ2) is 7.38. The highest BCUT2D eigenvalue weighted by Gasteiger charge is 2.31. The van der Waals surface area contributed by atoms with E-state index in [1.54, 1.807) is 12.1 Å². The summed E-state index contributed by atoms with van der Waals surface area (Å²) in [5.74, 6) is 0. The van der Waals surface area contributed by atoms with E-state index in [-0.39, 0.29) is 19.2 Å². The first-order valence-electron chi connectivity index (χ1n) is 7.81. The Balaban J connectivity index is 2.27. The summed E-state index contributed by atoms with van der Waals surface area (Å²) in [6.07, 6.45) is 5.99. The van der Waals surface area contributed by atoms with Crippen LogP contribution >= 0.6 is 0 Å². The summed E-state index contributed by atoms with van der Waals surface area (Å²) in [6, 6.07) is 7.13. The number of aliphatic hydroxyl groups excluding tert-OH is 1. The van der Waals surface area contributed by atoms with E-state index in [1.165, 1.54) is 10.7 Å². The number of aliphatic hydroxyl groups is 1. The maximum Gasteiger partial charge on any atom is 0.243 e. The van der Waals surface area contributed by atoms with Gasteiger partial charge in [0.2, 0.25) is 10.0 Å². The minimum absolute atomic E-state index is 0.0294. The molecule has 118 valence electrons. The first kappa shape index (κ1) is 16.5. The fourth-order valence-electron chi connectivity index (χ4n) is 3.00. The van der Waals surface area contributed by atoms with Gasteiger partial charge in [0.1, 0.15) is 0 Å². The molecule has 4 nitrogen and oxygen atoms in total. The molecule has 0 amide bonds. The number of benzene rings is 1. The monoisotopic (exact) mass is 311 g/mol. The van der Waals surface area contributed by atoms with Crippen LogP contribution < -0.4 is 0 Å². The third kappa shape index (κ3) is 3.84. The van der Waals surface area contributed by atoms with Crippen LogP contribution in [-0.4, -0.2) is 37.0 Å². The highest BCUT2D eigenvalue weighted by Crippen LogP contribution is 2.27. The molecular formula is C16H25NO3S. The lowest BCUT2D eigenvalue weighted by atomic mass is 9.95. The van der Waals surface area contributed by atoms with Crippen molar-refractivity contribution < 1.29 is 13.5 Å². The summed E-state index contributed by atoms with van der Waals surface area (Å²) >= 11 is 0. The molecule has 1 fully saturated rings. The molecule has 0 radical (unpaired) electrons. The zero-order valence-corrected chi connectivity index (χ0v) is 13.5. The zero-order valence-electron chi connectivity index (χ0n) is 12.7. The lowest BCUT2D eigenvalue weighted by molar-refractivity contribution is 0.199. The van der Waals surface area contributed by atoms with Gasteiger partial charge in [0, 0.05) is 12.6 Å². The number of nitrogens with zero attached hydrogens (tertiary/aromatic N) is 1. The average molecular weight is 311 g/mol. The van der Waals surface area contributed by atoms with Crippen molar-refractivity contribution in [2.24, 2.45) is 0 Å². The number of rotatable bonds is 6. The summed E-state index contributed by atoms with van der Waals surface area (Å²) < 4.78 is 27.2. The number of hydrogen-bond acceptors (Lipinski definition) is 3. The van der Waals surface area contributed by atoms with Crippen molar-refractivity contribution in [3.05, 3.63) is 29.8 Å². The van der Waals surface area contributed by atoms with Crippen molar-refractivity contribution in [1.82, 2.24) is 4.31 Å². The van der Waals surface area contributed by atoms with E-state index < -0.39 is 10.0 Å². The standard InChI is InChI=1S/C16H25NO3S/c1-2-14-8-10-16(11-9-14)21(19,20)17(12-13-18)15-6-4-3-5-7-15/h8-11,15,18H,2-7,12-13H2,1H3. The summed E-state index contributed by atoms with van der Waals surface area (Å²) in [6.45, 7) is 2.09. The van der Waals surface area contributed by atoms with Gasteiger partial charge in [-0.05, 0) is 37.0 Å². The summed E-state index contributed by atoms with van der Waals surface area (Å²) in [5, 5.41) is 9.25. The van der Waals surface area contributed by atoms with Crippen LogP contribution in [0.1, 0.15) is 44.6 Å². The van der Waals surface area contributed by atoms with Gasteiger partial charge >= 0.3 is 0 Å². The maximum atomic E-state index is 12.8. The van der Waals surface area contributed by atoms with Crippen LogP contribution in [0.3, 0.4) is 0 Å². The number of aryl methyl sites for hydroxylation is 1.